The van der Waals surface area contributed by atoms with Crippen LogP contribution in [0.4, 0.5) is 0 Å². The number of esters is 1. The van der Waals surface area contributed by atoms with Crippen molar-refractivity contribution in [2.75, 3.05) is 20.8 Å². The van der Waals surface area contributed by atoms with Crippen LogP contribution in [0.2, 0.25) is 0 Å². The van der Waals surface area contributed by atoms with Crippen molar-refractivity contribution < 1.29 is 23.5 Å². The van der Waals surface area contributed by atoms with Crippen LogP contribution >= 0.6 is 0 Å². The largest absolute Gasteiger partial charge is 0.497 e. The molecule has 1 aromatic heterocycles. The third-order valence-corrected chi connectivity index (χ3v) is 3.88. The number of furan rings is 1. The van der Waals surface area contributed by atoms with Gasteiger partial charge in [-0.15, -0.1) is 0 Å². The SMILES string of the molecule is COC(=O)C(C)CN(Cc1ccc(OC)cc1)C(=O)/C=C/c1ccco1. The van der Waals surface area contributed by atoms with Gasteiger partial charge in [0.05, 0.1) is 26.4 Å². The van der Waals surface area contributed by atoms with Gasteiger partial charge in [0, 0.05) is 19.2 Å². The summed E-state index contributed by atoms with van der Waals surface area (Å²) in [6.45, 7) is 2.35. The number of methoxy groups -OCH3 is 2. The average Bonchev–Trinajstić information content (AvgIpc) is 3.19. The zero-order valence-corrected chi connectivity index (χ0v) is 15.2. The quantitative estimate of drug-likeness (QED) is 0.536. The van der Waals surface area contributed by atoms with E-state index in [9.17, 15) is 9.59 Å². The first-order valence-corrected chi connectivity index (χ1v) is 8.24. The highest BCUT2D eigenvalue weighted by Crippen LogP contribution is 2.15. The molecule has 0 aliphatic rings. The molecule has 0 radical (unpaired) electrons. The van der Waals surface area contributed by atoms with Crippen LogP contribution in [0, 0.1) is 5.92 Å². The number of nitrogens with zero attached hydrogens (tertiary/aromatic N) is 1. The number of carbonyl (C=O) groups is 2. The number of ether oxygens (including phenoxy) is 2. The molecule has 2 aromatic rings. The second-order valence-electron chi connectivity index (χ2n) is 5.84. The van der Waals surface area contributed by atoms with Gasteiger partial charge in [-0.2, -0.15) is 0 Å². The molecule has 0 saturated heterocycles. The molecule has 0 bridgehead atoms. The fourth-order valence-electron chi connectivity index (χ4n) is 2.44. The highest BCUT2D eigenvalue weighted by molar-refractivity contribution is 5.91. The molecule has 1 atom stereocenters. The Morgan fingerprint density at radius 2 is 1.92 bits per heavy atom. The maximum absolute atomic E-state index is 12.6. The first kappa shape index (κ1) is 19.3. The minimum Gasteiger partial charge on any atom is -0.497 e. The molecular weight excluding hydrogens is 334 g/mol. The maximum atomic E-state index is 12.6. The van der Waals surface area contributed by atoms with Crippen molar-refractivity contribution in [2.45, 2.75) is 13.5 Å². The summed E-state index contributed by atoms with van der Waals surface area (Å²) in [4.78, 5) is 26.0. The van der Waals surface area contributed by atoms with E-state index in [-0.39, 0.29) is 18.4 Å². The molecule has 0 saturated carbocycles. The summed E-state index contributed by atoms with van der Waals surface area (Å²) in [5.41, 5.74) is 0.933. The van der Waals surface area contributed by atoms with Crippen LogP contribution in [0.3, 0.4) is 0 Å². The van der Waals surface area contributed by atoms with Crippen LogP contribution in [0.15, 0.2) is 53.2 Å². The van der Waals surface area contributed by atoms with E-state index < -0.39 is 5.92 Å². The van der Waals surface area contributed by atoms with Crippen molar-refractivity contribution in [3.8, 4) is 5.75 Å². The van der Waals surface area contributed by atoms with Crippen molar-refractivity contribution in [3.63, 3.8) is 0 Å². The Labute approximate surface area is 153 Å². The van der Waals surface area contributed by atoms with Crippen molar-refractivity contribution in [1.82, 2.24) is 4.90 Å². The van der Waals surface area contributed by atoms with Crippen molar-refractivity contribution >= 4 is 18.0 Å². The van der Waals surface area contributed by atoms with Crippen LogP contribution in [-0.2, 0) is 20.9 Å². The third kappa shape index (κ3) is 5.51. The number of amides is 1. The van der Waals surface area contributed by atoms with E-state index in [2.05, 4.69) is 0 Å². The second-order valence-corrected chi connectivity index (χ2v) is 5.84. The Hall–Kier alpha value is -3.02. The van der Waals surface area contributed by atoms with Gasteiger partial charge in [0.2, 0.25) is 5.91 Å². The van der Waals surface area contributed by atoms with Gasteiger partial charge in [0.25, 0.3) is 0 Å². The van der Waals surface area contributed by atoms with E-state index >= 15 is 0 Å². The van der Waals surface area contributed by atoms with E-state index in [1.165, 1.54) is 13.2 Å². The molecule has 1 unspecified atom stereocenters. The number of rotatable bonds is 8. The van der Waals surface area contributed by atoms with Gasteiger partial charge < -0.3 is 18.8 Å². The molecule has 1 heterocycles. The lowest BCUT2D eigenvalue weighted by atomic mass is 10.1. The van der Waals surface area contributed by atoms with Gasteiger partial charge in [0.15, 0.2) is 0 Å². The Balaban J connectivity index is 2.13. The fourth-order valence-corrected chi connectivity index (χ4v) is 2.44. The molecule has 1 amide bonds. The Bertz CT molecular complexity index is 734. The summed E-state index contributed by atoms with van der Waals surface area (Å²) in [6, 6.07) is 10.9. The molecule has 0 aliphatic carbocycles. The lowest BCUT2D eigenvalue weighted by Crippen LogP contribution is -2.35. The van der Waals surface area contributed by atoms with Gasteiger partial charge in [-0.3, -0.25) is 9.59 Å². The molecule has 1 aromatic carbocycles. The normalized spacial score (nSPS) is 12.0. The molecule has 26 heavy (non-hydrogen) atoms. The molecule has 2 rings (SSSR count). The maximum Gasteiger partial charge on any atom is 0.310 e. The topological polar surface area (TPSA) is 69.0 Å². The van der Waals surface area contributed by atoms with Crippen LogP contribution in [0.1, 0.15) is 18.2 Å². The van der Waals surface area contributed by atoms with E-state index in [0.29, 0.717) is 12.3 Å². The smallest absolute Gasteiger partial charge is 0.310 e. The van der Waals surface area contributed by atoms with Gasteiger partial charge in [-0.25, -0.2) is 0 Å². The molecule has 0 aliphatic heterocycles. The summed E-state index contributed by atoms with van der Waals surface area (Å²) < 4.78 is 15.1. The first-order chi connectivity index (χ1) is 12.5. The van der Waals surface area contributed by atoms with Gasteiger partial charge in [-0.1, -0.05) is 19.1 Å². The highest BCUT2D eigenvalue weighted by atomic mass is 16.5. The Morgan fingerprint density at radius 1 is 1.19 bits per heavy atom. The third-order valence-electron chi connectivity index (χ3n) is 3.88. The summed E-state index contributed by atoms with van der Waals surface area (Å²) in [6.07, 6.45) is 4.58. The lowest BCUT2D eigenvalue weighted by Gasteiger charge is -2.24. The van der Waals surface area contributed by atoms with Crippen molar-refractivity contribution in [1.29, 1.82) is 0 Å². The first-order valence-electron chi connectivity index (χ1n) is 8.24. The van der Waals surface area contributed by atoms with E-state index in [4.69, 9.17) is 13.9 Å². The standard InChI is InChI=1S/C20H23NO5/c1-15(20(23)25-3)13-21(14-16-6-8-17(24-2)9-7-16)19(22)11-10-18-5-4-12-26-18/h4-12,15H,13-14H2,1-3H3/b11-10+. The minimum atomic E-state index is -0.431. The zero-order valence-electron chi connectivity index (χ0n) is 15.2. The van der Waals surface area contributed by atoms with Crippen molar-refractivity contribution in [2.24, 2.45) is 5.92 Å². The van der Waals surface area contributed by atoms with Gasteiger partial charge in [0.1, 0.15) is 11.5 Å². The van der Waals surface area contributed by atoms with E-state index in [1.807, 2.05) is 24.3 Å². The number of hydrogen-bond acceptors (Lipinski definition) is 5. The summed E-state index contributed by atoms with van der Waals surface area (Å²) in [5, 5.41) is 0. The number of hydrogen-bond donors (Lipinski definition) is 0. The average molecular weight is 357 g/mol. The fraction of sp³-hybridized carbons (Fsp3) is 0.300. The summed E-state index contributed by atoms with van der Waals surface area (Å²) >= 11 is 0. The molecule has 0 fully saturated rings. The monoisotopic (exact) mass is 357 g/mol. The zero-order chi connectivity index (χ0) is 18.9. The summed E-state index contributed by atoms with van der Waals surface area (Å²) in [5.74, 6) is 0.329. The van der Waals surface area contributed by atoms with Gasteiger partial charge in [-0.05, 0) is 35.9 Å². The van der Waals surface area contributed by atoms with E-state index in [1.54, 1.807) is 43.4 Å². The van der Waals surface area contributed by atoms with Crippen LogP contribution in [0.25, 0.3) is 6.08 Å². The van der Waals surface area contributed by atoms with Gasteiger partial charge >= 0.3 is 5.97 Å². The highest BCUT2D eigenvalue weighted by Gasteiger charge is 2.20. The second kappa shape index (κ2) is 9.46. The predicted molar refractivity (Wildman–Crippen MR) is 97.3 cm³/mol. The van der Waals surface area contributed by atoms with Crippen LogP contribution in [-0.4, -0.2) is 37.5 Å². The molecular formula is C20H23NO5. The lowest BCUT2D eigenvalue weighted by molar-refractivity contribution is -0.146. The Kier molecular flexibility index (Phi) is 7.02. The molecule has 138 valence electrons. The van der Waals surface area contributed by atoms with Crippen LogP contribution in [0.5, 0.6) is 5.75 Å². The van der Waals surface area contributed by atoms with E-state index in [0.717, 1.165) is 11.3 Å². The summed E-state index contributed by atoms with van der Waals surface area (Å²) in [7, 11) is 2.94. The molecule has 0 N–H and O–H groups in total. The molecule has 0 spiro atoms. The molecule has 6 nitrogen and oxygen atoms in total. The van der Waals surface area contributed by atoms with Crippen LogP contribution < -0.4 is 4.74 Å². The number of benzene rings is 1. The predicted octanol–water partition coefficient (Wildman–Crippen LogP) is 3.14. The van der Waals surface area contributed by atoms with Crippen molar-refractivity contribution in [3.05, 3.63) is 60.1 Å². The Morgan fingerprint density at radius 3 is 2.50 bits per heavy atom. The number of carbonyl (C=O) groups excluding carboxylic acids is 2. The molecule has 6 heteroatoms. The minimum absolute atomic E-state index is 0.215.